The molecule has 2 atom stereocenters. The average molecular weight is 326 g/mol. The minimum atomic E-state index is -3.48. The summed E-state index contributed by atoms with van der Waals surface area (Å²) in [7, 11) is -3.48. The normalized spacial score (nSPS) is 14.5. The molecule has 0 heterocycles. The van der Waals surface area contributed by atoms with Crippen LogP contribution in [-0.2, 0) is 25.6 Å². The Hall–Kier alpha value is -1.17. The number of hydrogen-bond acceptors (Lipinski definition) is 4. The number of hydrogen-bond donors (Lipinski definition) is 0. The van der Waals surface area contributed by atoms with E-state index in [-0.39, 0.29) is 6.10 Å². The van der Waals surface area contributed by atoms with Crippen molar-refractivity contribution in [2.45, 2.75) is 51.4 Å². The van der Waals surface area contributed by atoms with Crippen LogP contribution in [0.3, 0.4) is 0 Å². The molecule has 124 valence electrons. The highest BCUT2D eigenvalue weighted by molar-refractivity contribution is 7.86. The second-order valence-electron chi connectivity index (χ2n) is 5.39. The van der Waals surface area contributed by atoms with Crippen molar-refractivity contribution in [2.75, 3.05) is 6.26 Å². The summed E-state index contributed by atoms with van der Waals surface area (Å²) < 4.78 is 33.8. The molecule has 0 radical (unpaired) electrons. The van der Waals surface area contributed by atoms with Gasteiger partial charge in [0.25, 0.3) is 10.1 Å². The van der Waals surface area contributed by atoms with Crippen molar-refractivity contribution < 1.29 is 17.3 Å². The molecule has 4 nitrogen and oxygen atoms in total. The first-order chi connectivity index (χ1) is 10.4. The van der Waals surface area contributed by atoms with Crippen LogP contribution in [0.5, 0.6) is 0 Å². The summed E-state index contributed by atoms with van der Waals surface area (Å²) in [6.07, 6.45) is 5.17. The van der Waals surface area contributed by atoms with Crippen molar-refractivity contribution >= 4 is 10.1 Å². The topological polar surface area (TPSA) is 52.6 Å². The summed E-state index contributed by atoms with van der Waals surface area (Å²) in [5.74, 6) is 0. The summed E-state index contributed by atoms with van der Waals surface area (Å²) >= 11 is 0. The van der Waals surface area contributed by atoms with Crippen LogP contribution in [0.1, 0.15) is 38.2 Å². The first-order valence-electron chi connectivity index (χ1n) is 7.59. The lowest BCUT2D eigenvalue weighted by Crippen LogP contribution is -2.25. The van der Waals surface area contributed by atoms with E-state index >= 15 is 0 Å². The lowest BCUT2D eigenvalue weighted by atomic mass is 10.0. The molecule has 22 heavy (non-hydrogen) atoms. The molecule has 0 aliphatic carbocycles. The minimum Gasteiger partial charge on any atom is -0.373 e. The molecule has 5 heteroatoms. The minimum absolute atomic E-state index is 0.0306. The second kappa shape index (κ2) is 9.77. The van der Waals surface area contributed by atoms with Crippen molar-refractivity contribution in [3.05, 3.63) is 48.6 Å². The van der Waals surface area contributed by atoms with Crippen LogP contribution in [0.2, 0.25) is 0 Å². The van der Waals surface area contributed by atoms with E-state index in [2.05, 4.69) is 13.5 Å². The molecule has 0 N–H and O–H groups in total. The highest BCUT2D eigenvalue weighted by Gasteiger charge is 2.20. The summed E-state index contributed by atoms with van der Waals surface area (Å²) in [5.41, 5.74) is 1.10. The van der Waals surface area contributed by atoms with E-state index in [1.54, 1.807) is 6.08 Å². The molecule has 0 aliphatic rings. The highest BCUT2D eigenvalue weighted by atomic mass is 32.2. The lowest BCUT2D eigenvalue weighted by Gasteiger charge is -2.22. The largest absolute Gasteiger partial charge is 0.373 e. The third-order valence-corrected chi connectivity index (χ3v) is 3.83. The Balaban J connectivity index is 2.61. The second-order valence-corrected chi connectivity index (χ2v) is 6.99. The fraction of sp³-hybridized carbons (Fsp3) is 0.529. The van der Waals surface area contributed by atoms with Crippen molar-refractivity contribution in [3.8, 4) is 0 Å². The Morgan fingerprint density at radius 2 is 1.91 bits per heavy atom. The first kappa shape index (κ1) is 18.9. The van der Waals surface area contributed by atoms with Gasteiger partial charge in [-0.25, -0.2) is 0 Å². The predicted molar refractivity (Wildman–Crippen MR) is 89.1 cm³/mol. The van der Waals surface area contributed by atoms with Crippen LogP contribution in [0.4, 0.5) is 0 Å². The molecule has 1 aromatic rings. The van der Waals surface area contributed by atoms with Crippen molar-refractivity contribution in [1.29, 1.82) is 0 Å². The fourth-order valence-electron chi connectivity index (χ4n) is 2.28. The van der Waals surface area contributed by atoms with E-state index in [1.165, 1.54) is 0 Å². The Morgan fingerprint density at radius 1 is 1.23 bits per heavy atom. The van der Waals surface area contributed by atoms with Gasteiger partial charge in [-0.2, -0.15) is 8.42 Å². The molecule has 0 fully saturated rings. The average Bonchev–Trinajstić information content (AvgIpc) is 2.44. The van der Waals surface area contributed by atoms with E-state index in [1.807, 2.05) is 30.3 Å². The SMILES string of the molecule is C=CC[C@@H](C[C@@H](CCC)OCc1ccccc1)OS(C)(=O)=O. The maximum Gasteiger partial charge on any atom is 0.264 e. The van der Waals surface area contributed by atoms with Gasteiger partial charge < -0.3 is 4.74 Å². The molecule has 0 unspecified atom stereocenters. The molecule has 0 spiro atoms. The molecule has 1 aromatic carbocycles. The van der Waals surface area contributed by atoms with E-state index in [9.17, 15) is 8.42 Å². The molecular weight excluding hydrogens is 300 g/mol. The van der Waals surface area contributed by atoms with Crippen LogP contribution >= 0.6 is 0 Å². The van der Waals surface area contributed by atoms with E-state index < -0.39 is 16.2 Å². The zero-order valence-electron chi connectivity index (χ0n) is 13.4. The maximum atomic E-state index is 11.3. The van der Waals surface area contributed by atoms with Crippen LogP contribution < -0.4 is 0 Å². The van der Waals surface area contributed by atoms with Crippen molar-refractivity contribution in [1.82, 2.24) is 0 Å². The Bertz CT molecular complexity index is 525. The fourth-order valence-corrected chi connectivity index (χ4v) is 2.93. The predicted octanol–water partition coefficient (Wildman–Crippen LogP) is 3.68. The van der Waals surface area contributed by atoms with Gasteiger partial charge in [0, 0.05) is 6.42 Å². The molecule has 0 bridgehead atoms. The molecule has 0 saturated heterocycles. The molecular formula is C17H26O4S. The number of ether oxygens (including phenoxy) is 1. The summed E-state index contributed by atoms with van der Waals surface area (Å²) in [6, 6.07) is 9.93. The van der Waals surface area contributed by atoms with Gasteiger partial charge in [0.1, 0.15) is 0 Å². The van der Waals surface area contributed by atoms with Crippen LogP contribution in [0, 0.1) is 0 Å². The Morgan fingerprint density at radius 3 is 2.45 bits per heavy atom. The highest BCUT2D eigenvalue weighted by Crippen LogP contribution is 2.18. The van der Waals surface area contributed by atoms with Crippen LogP contribution in [-0.4, -0.2) is 26.9 Å². The molecule has 0 saturated carbocycles. The standard InChI is InChI=1S/C17H26O4S/c1-4-9-16(20-14-15-11-7-6-8-12-15)13-17(10-5-2)21-22(3,18)19/h5-8,11-12,16-17H,2,4,9-10,13-14H2,1,3H3/t16-,17+/m1/s1. The zero-order valence-corrected chi connectivity index (χ0v) is 14.2. The smallest absolute Gasteiger partial charge is 0.264 e. The Labute approximate surface area is 134 Å². The maximum absolute atomic E-state index is 11.3. The molecule has 0 aliphatic heterocycles. The van der Waals surface area contributed by atoms with E-state index in [4.69, 9.17) is 8.92 Å². The van der Waals surface area contributed by atoms with Gasteiger partial charge in [-0.1, -0.05) is 49.8 Å². The van der Waals surface area contributed by atoms with E-state index in [0.29, 0.717) is 19.4 Å². The van der Waals surface area contributed by atoms with Crippen LogP contribution in [0.15, 0.2) is 43.0 Å². The quantitative estimate of drug-likeness (QED) is 0.460. The summed E-state index contributed by atoms with van der Waals surface area (Å²) in [5, 5.41) is 0. The zero-order chi connectivity index (χ0) is 16.4. The van der Waals surface area contributed by atoms with Gasteiger partial charge in [-0.05, 0) is 18.4 Å². The van der Waals surface area contributed by atoms with Gasteiger partial charge in [-0.15, -0.1) is 6.58 Å². The summed E-state index contributed by atoms with van der Waals surface area (Å²) in [6.45, 7) is 6.26. The van der Waals surface area contributed by atoms with E-state index in [0.717, 1.165) is 24.7 Å². The van der Waals surface area contributed by atoms with Gasteiger partial charge in [0.05, 0.1) is 25.1 Å². The first-order valence-corrected chi connectivity index (χ1v) is 9.41. The Kier molecular flexibility index (Phi) is 8.38. The van der Waals surface area contributed by atoms with Crippen molar-refractivity contribution in [2.24, 2.45) is 0 Å². The van der Waals surface area contributed by atoms with Crippen molar-refractivity contribution in [3.63, 3.8) is 0 Å². The van der Waals surface area contributed by atoms with Gasteiger partial charge in [-0.3, -0.25) is 4.18 Å². The van der Waals surface area contributed by atoms with Gasteiger partial charge in [0.2, 0.25) is 0 Å². The van der Waals surface area contributed by atoms with Crippen LogP contribution in [0.25, 0.3) is 0 Å². The van der Waals surface area contributed by atoms with Gasteiger partial charge in [0.15, 0.2) is 0 Å². The molecule has 0 aromatic heterocycles. The third kappa shape index (κ3) is 8.32. The number of rotatable bonds is 11. The molecule has 0 amide bonds. The monoisotopic (exact) mass is 326 g/mol. The third-order valence-electron chi connectivity index (χ3n) is 3.21. The lowest BCUT2D eigenvalue weighted by molar-refractivity contribution is 0.00612. The van der Waals surface area contributed by atoms with Gasteiger partial charge >= 0.3 is 0 Å². The summed E-state index contributed by atoms with van der Waals surface area (Å²) in [4.78, 5) is 0. The molecule has 1 rings (SSSR count). The number of benzene rings is 1.